The average molecular weight is 593 g/mol. The second-order valence-electron chi connectivity index (χ2n) is 10.5. The third kappa shape index (κ3) is 5.42. The third-order valence-corrected chi connectivity index (χ3v) is 11.1. The van der Waals surface area contributed by atoms with E-state index in [2.05, 4.69) is 26.3 Å². The number of alkyl halides is 3. The van der Waals surface area contributed by atoms with Gasteiger partial charge in [-0.05, 0) is 49.1 Å². The van der Waals surface area contributed by atoms with Gasteiger partial charge in [-0.1, -0.05) is 6.08 Å². The van der Waals surface area contributed by atoms with Crippen LogP contribution >= 0.6 is 22.7 Å². The van der Waals surface area contributed by atoms with Crippen molar-refractivity contribution in [3.05, 3.63) is 57.6 Å². The maximum absolute atomic E-state index is 14.4. The molecule has 40 heavy (non-hydrogen) atoms. The molecular weight excluding hydrogens is 561 g/mol. The van der Waals surface area contributed by atoms with E-state index in [0.717, 1.165) is 22.8 Å². The van der Waals surface area contributed by atoms with Crippen LogP contribution in [0.2, 0.25) is 0 Å². The molecule has 3 aromatic rings. The topological polar surface area (TPSA) is 85.2 Å². The van der Waals surface area contributed by atoms with Crippen molar-refractivity contribution < 1.29 is 17.9 Å². The lowest BCUT2D eigenvalue weighted by molar-refractivity contribution is -0.137. The van der Waals surface area contributed by atoms with Crippen LogP contribution < -0.4 is 20.6 Å². The molecule has 1 saturated heterocycles. The summed E-state index contributed by atoms with van der Waals surface area (Å²) in [6.07, 6.45) is 1.02. The zero-order valence-corrected chi connectivity index (χ0v) is 23.9. The molecule has 13 heteroatoms. The highest BCUT2D eigenvalue weighted by atomic mass is 32.2. The van der Waals surface area contributed by atoms with Crippen molar-refractivity contribution in [3.8, 4) is 6.01 Å². The number of aromatic nitrogens is 4. The van der Waals surface area contributed by atoms with Crippen LogP contribution in [-0.2, 0) is 12.7 Å². The summed E-state index contributed by atoms with van der Waals surface area (Å²) in [5.74, 6) is 2.50. The third-order valence-electron chi connectivity index (χ3n) is 7.38. The van der Waals surface area contributed by atoms with E-state index < -0.39 is 34.4 Å². The van der Waals surface area contributed by atoms with Gasteiger partial charge in [-0.25, -0.2) is 14.8 Å². The summed E-state index contributed by atoms with van der Waals surface area (Å²) >= 11 is 1.81. The highest BCUT2D eigenvalue weighted by Crippen LogP contribution is 2.53. The van der Waals surface area contributed by atoms with Crippen LogP contribution in [0.5, 0.6) is 6.01 Å². The second-order valence-corrected chi connectivity index (χ2v) is 13.9. The number of hydrogen-bond donors (Lipinski definition) is 2. The summed E-state index contributed by atoms with van der Waals surface area (Å²) in [5.41, 5.74) is -0.675. The molecule has 8 nitrogen and oxygen atoms in total. The van der Waals surface area contributed by atoms with Crippen molar-refractivity contribution in [2.24, 2.45) is 0 Å². The van der Waals surface area contributed by atoms with E-state index in [-0.39, 0.29) is 24.6 Å². The van der Waals surface area contributed by atoms with Gasteiger partial charge < -0.3 is 15.0 Å². The number of halogens is 3. The largest absolute Gasteiger partial charge is 0.457 e. The van der Waals surface area contributed by atoms with Crippen molar-refractivity contribution >= 4 is 39.4 Å². The van der Waals surface area contributed by atoms with Crippen LogP contribution in [0.4, 0.5) is 19.0 Å². The number of rotatable bonds is 4. The van der Waals surface area contributed by atoms with E-state index >= 15 is 0 Å². The Hall–Kier alpha value is -2.77. The fourth-order valence-electron chi connectivity index (χ4n) is 5.83. The number of hydrogen-bond acceptors (Lipinski definition) is 8. The Morgan fingerprint density at radius 3 is 2.55 bits per heavy atom. The first-order valence-electron chi connectivity index (χ1n) is 13.3. The van der Waals surface area contributed by atoms with Gasteiger partial charge in [-0.3, -0.25) is 4.57 Å². The van der Waals surface area contributed by atoms with Crippen LogP contribution in [0, 0.1) is 0 Å². The minimum absolute atomic E-state index is 0.0923. The molecule has 1 aromatic carbocycles. The van der Waals surface area contributed by atoms with Gasteiger partial charge in [-0.2, -0.15) is 40.8 Å². The van der Waals surface area contributed by atoms with Gasteiger partial charge in [0.05, 0.1) is 17.6 Å². The molecule has 0 radical (unpaired) electrons. The summed E-state index contributed by atoms with van der Waals surface area (Å²) in [4.78, 5) is 30.1. The van der Waals surface area contributed by atoms with E-state index in [1.165, 1.54) is 16.7 Å². The van der Waals surface area contributed by atoms with Crippen LogP contribution in [0.3, 0.4) is 0 Å². The lowest BCUT2D eigenvalue weighted by atomic mass is 10.1. The minimum Gasteiger partial charge on any atom is -0.457 e. The fraction of sp³-hybridized carbons (Fsp3) is 0.481. The van der Waals surface area contributed by atoms with Crippen molar-refractivity contribution in [1.82, 2.24) is 24.8 Å². The molecule has 1 fully saturated rings. The van der Waals surface area contributed by atoms with Crippen molar-refractivity contribution in [2.75, 3.05) is 35.2 Å². The van der Waals surface area contributed by atoms with Gasteiger partial charge in [-0.15, -0.1) is 0 Å². The molecule has 0 saturated carbocycles. The first kappa shape index (κ1) is 27.4. The Morgan fingerprint density at radius 2 is 1.88 bits per heavy atom. The standard InChI is InChI=1S/C27H31F3N6O2S2/c1-16-12-35(13-17(2)33-16)24-21-10-18(27(28,29)30)11-22-23(21)36(26(37)34-24)14-19(38-25-31-6-3-7-32-25)15-40(22)20-4-8-39-9-5-20/h3-4,6-7,10-11,16-17,19,33,40H,5,8-9,12-15H2,1-2H3/t16-,17+,19-/m0/s1. The number of nitrogens with one attached hydrogen (secondary N) is 1. The number of thioether (sulfide) groups is 1. The molecule has 1 N–H and O–H groups in total. The normalized spacial score (nSPS) is 26.3. The molecule has 3 aliphatic rings. The molecule has 0 bridgehead atoms. The molecule has 3 aliphatic heterocycles. The van der Waals surface area contributed by atoms with E-state index in [0.29, 0.717) is 40.5 Å². The molecule has 6 rings (SSSR count). The van der Waals surface area contributed by atoms with E-state index in [1.807, 2.05) is 18.7 Å². The van der Waals surface area contributed by atoms with E-state index in [1.54, 1.807) is 30.2 Å². The van der Waals surface area contributed by atoms with Crippen LogP contribution in [0.25, 0.3) is 10.9 Å². The number of anilines is 1. The first-order chi connectivity index (χ1) is 19.2. The fourth-order valence-corrected chi connectivity index (χ4v) is 9.78. The Balaban J connectivity index is 1.59. The molecule has 5 heterocycles. The van der Waals surface area contributed by atoms with Crippen LogP contribution in [0.15, 0.2) is 51.3 Å². The van der Waals surface area contributed by atoms with Gasteiger partial charge in [0.1, 0.15) is 11.9 Å². The Labute approximate surface area is 236 Å². The number of nitrogens with zero attached hydrogens (tertiary/aromatic N) is 5. The zero-order valence-electron chi connectivity index (χ0n) is 22.2. The minimum atomic E-state index is -4.55. The van der Waals surface area contributed by atoms with Crippen LogP contribution in [0.1, 0.15) is 25.8 Å². The first-order valence-corrected chi connectivity index (χ1v) is 16.0. The van der Waals surface area contributed by atoms with Gasteiger partial charge in [0, 0.05) is 59.4 Å². The van der Waals surface area contributed by atoms with E-state index in [4.69, 9.17) is 4.74 Å². The SMILES string of the molecule is C[C@@H]1CN(c2nc(=O)n3c4c(cc(C(F)(F)F)cc24)[SH](C2=CCSCC2)C[C@@H](Oc2ncccn2)C3)C[C@H](C)N1. The smallest absolute Gasteiger partial charge is 0.416 e. The highest BCUT2D eigenvalue weighted by molar-refractivity contribution is 8.20. The number of thiol groups is 1. The zero-order chi connectivity index (χ0) is 28.0. The van der Waals surface area contributed by atoms with Gasteiger partial charge in [0.25, 0.3) is 0 Å². The van der Waals surface area contributed by atoms with Gasteiger partial charge in [0.15, 0.2) is 0 Å². The monoisotopic (exact) mass is 592 g/mol. The Morgan fingerprint density at radius 1 is 1.12 bits per heavy atom. The summed E-state index contributed by atoms with van der Waals surface area (Å²) in [7, 11) is -1.23. The molecule has 0 amide bonds. The summed E-state index contributed by atoms with van der Waals surface area (Å²) in [5, 5.41) is 3.81. The molecule has 0 aliphatic carbocycles. The lowest BCUT2D eigenvalue weighted by Gasteiger charge is -2.37. The number of ether oxygens (including phenoxy) is 1. The average Bonchev–Trinajstić information content (AvgIpc) is 3.08. The molecule has 214 valence electrons. The predicted molar refractivity (Wildman–Crippen MR) is 154 cm³/mol. The number of benzene rings is 1. The van der Waals surface area contributed by atoms with Gasteiger partial charge in [0.2, 0.25) is 0 Å². The maximum atomic E-state index is 14.4. The molecule has 1 unspecified atom stereocenters. The lowest BCUT2D eigenvalue weighted by Crippen LogP contribution is -2.55. The van der Waals surface area contributed by atoms with Crippen LogP contribution in [-0.4, -0.2) is 68.1 Å². The molecule has 4 atom stereocenters. The summed E-state index contributed by atoms with van der Waals surface area (Å²) in [6, 6.07) is 4.48. The molecule has 0 spiro atoms. The number of allylic oxidation sites excluding steroid dienone is 1. The van der Waals surface area contributed by atoms with Gasteiger partial charge >= 0.3 is 17.9 Å². The quantitative estimate of drug-likeness (QED) is 0.436. The maximum Gasteiger partial charge on any atom is 0.416 e. The number of piperazine rings is 1. The van der Waals surface area contributed by atoms with Crippen molar-refractivity contribution in [1.29, 1.82) is 0 Å². The van der Waals surface area contributed by atoms with Crippen molar-refractivity contribution in [3.63, 3.8) is 0 Å². The predicted octanol–water partition coefficient (Wildman–Crippen LogP) is 4.23. The Bertz CT molecular complexity index is 1490. The van der Waals surface area contributed by atoms with E-state index in [9.17, 15) is 18.0 Å². The summed E-state index contributed by atoms with van der Waals surface area (Å²) < 4.78 is 50.9. The van der Waals surface area contributed by atoms with Crippen molar-refractivity contribution in [2.45, 2.75) is 56.1 Å². The molecular formula is C27H31F3N6O2S2. The molecule has 2 aromatic heterocycles. The second kappa shape index (κ2) is 10.9. The Kier molecular flexibility index (Phi) is 7.47. The highest BCUT2D eigenvalue weighted by Gasteiger charge is 2.37. The summed E-state index contributed by atoms with van der Waals surface area (Å²) in [6.45, 7) is 5.26.